The zero-order chi connectivity index (χ0) is 21.8. The number of carbonyl (C=O) groups is 2. The SMILES string of the molecule is CC(C(=O)NCCc1ccc(O)c(O)c1)N1C(=O)/C(=C/c2cccc(F)c2)SC1=S. The average Bonchev–Trinajstić information content (AvgIpc) is 2.97. The summed E-state index contributed by atoms with van der Waals surface area (Å²) in [6.45, 7) is 1.86. The van der Waals surface area contributed by atoms with Crippen molar-refractivity contribution in [3.63, 3.8) is 0 Å². The number of aromatic hydroxyl groups is 2. The van der Waals surface area contributed by atoms with Crippen LogP contribution in [0.15, 0.2) is 47.4 Å². The van der Waals surface area contributed by atoms with Gasteiger partial charge >= 0.3 is 0 Å². The number of amides is 2. The predicted octanol–water partition coefficient (Wildman–Crippen LogP) is 3.19. The molecule has 1 heterocycles. The fourth-order valence-corrected chi connectivity index (χ4v) is 4.30. The van der Waals surface area contributed by atoms with Crippen LogP contribution in [0.3, 0.4) is 0 Å². The molecule has 2 aromatic rings. The molecule has 0 saturated carbocycles. The van der Waals surface area contributed by atoms with Crippen molar-refractivity contribution in [2.45, 2.75) is 19.4 Å². The van der Waals surface area contributed by atoms with Crippen LogP contribution in [0, 0.1) is 5.82 Å². The van der Waals surface area contributed by atoms with Crippen LogP contribution < -0.4 is 5.32 Å². The Labute approximate surface area is 182 Å². The maximum absolute atomic E-state index is 13.4. The Morgan fingerprint density at radius 1 is 1.27 bits per heavy atom. The Balaban J connectivity index is 1.61. The normalized spacial score (nSPS) is 16.2. The maximum atomic E-state index is 13.4. The molecule has 1 aliphatic heterocycles. The first kappa shape index (κ1) is 21.8. The minimum atomic E-state index is -0.816. The second kappa shape index (κ2) is 9.27. The van der Waals surface area contributed by atoms with Gasteiger partial charge in [0.05, 0.1) is 4.91 Å². The summed E-state index contributed by atoms with van der Waals surface area (Å²) in [5, 5.41) is 21.6. The first-order chi connectivity index (χ1) is 14.3. The van der Waals surface area contributed by atoms with Gasteiger partial charge in [0.15, 0.2) is 11.5 Å². The number of nitrogens with one attached hydrogen (secondary N) is 1. The first-order valence-corrected chi connectivity index (χ1v) is 10.3. The molecular formula is C21H19FN2O4S2. The van der Waals surface area contributed by atoms with Gasteiger partial charge < -0.3 is 15.5 Å². The number of thioether (sulfide) groups is 1. The van der Waals surface area contributed by atoms with E-state index in [1.807, 2.05) is 0 Å². The molecule has 156 valence electrons. The summed E-state index contributed by atoms with van der Waals surface area (Å²) in [5.41, 5.74) is 1.27. The number of rotatable bonds is 6. The van der Waals surface area contributed by atoms with E-state index in [1.165, 1.54) is 29.2 Å². The van der Waals surface area contributed by atoms with Gasteiger partial charge in [0.1, 0.15) is 16.2 Å². The van der Waals surface area contributed by atoms with E-state index in [4.69, 9.17) is 12.2 Å². The van der Waals surface area contributed by atoms with Gasteiger partial charge in [0, 0.05) is 6.54 Å². The van der Waals surface area contributed by atoms with E-state index in [9.17, 15) is 24.2 Å². The molecule has 2 aromatic carbocycles. The van der Waals surface area contributed by atoms with Crippen LogP contribution in [0.25, 0.3) is 6.08 Å². The van der Waals surface area contributed by atoms with E-state index in [0.29, 0.717) is 16.9 Å². The van der Waals surface area contributed by atoms with Crippen LogP contribution in [-0.2, 0) is 16.0 Å². The lowest BCUT2D eigenvalue weighted by atomic mass is 10.1. The quantitative estimate of drug-likeness (QED) is 0.359. The largest absolute Gasteiger partial charge is 0.504 e. The van der Waals surface area contributed by atoms with E-state index >= 15 is 0 Å². The lowest BCUT2D eigenvalue weighted by molar-refractivity contribution is -0.132. The molecule has 1 saturated heterocycles. The van der Waals surface area contributed by atoms with Crippen molar-refractivity contribution in [1.29, 1.82) is 0 Å². The third-order valence-electron chi connectivity index (χ3n) is 4.49. The Bertz CT molecular complexity index is 1040. The van der Waals surface area contributed by atoms with Crippen molar-refractivity contribution in [1.82, 2.24) is 10.2 Å². The molecule has 3 N–H and O–H groups in total. The molecule has 9 heteroatoms. The first-order valence-electron chi connectivity index (χ1n) is 9.07. The lowest BCUT2D eigenvalue weighted by Crippen LogP contribution is -2.47. The van der Waals surface area contributed by atoms with Gasteiger partial charge in [-0.05, 0) is 54.8 Å². The van der Waals surface area contributed by atoms with Gasteiger partial charge in [0.2, 0.25) is 5.91 Å². The second-order valence-electron chi connectivity index (χ2n) is 6.65. The van der Waals surface area contributed by atoms with Crippen LogP contribution in [0.4, 0.5) is 4.39 Å². The highest BCUT2D eigenvalue weighted by molar-refractivity contribution is 8.26. The average molecular weight is 447 g/mol. The molecule has 0 aliphatic carbocycles. The fraction of sp³-hybridized carbons (Fsp3) is 0.190. The van der Waals surface area contributed by atoms with Gasteiger partial charge in [0.25, 0.3) is 5.91 Å². The Morgan fingerprint density at radius 3 is 2.73 bits per heavy atom. The number of benzene rings is 2. The number of thiocarbonyl (C=S) groups is 1. The number of hydrogen-bond acceptors (Lipinski definition) is 6. The third-order valence-corrected chi connectivity index (χ3v) is 5.82. The van der Waals surface area contributed by atoms with E-state index in [2.05, 4.69) is 5.32 Å². The zero-order valence-electron chi connectivity index (χ0n) is 16.0. The second-order valence-corrected chi connectivity index (χ2v) is 8.32. The van der Waals surface area contributed by atoms with Crippen molar-refractivity contribution in [3.8, 4) is 11.5 Å². The summed E-state index contributed by atoms with van der Waals surface area (Å²) in [5.74, 6) is -1.62. The number of nitrogens with zero attached hydrogens (tertiary/aromatic N) is 1. The van der Waals surface area contributed by atoms with Crippen LogP contribution in [0.2, 0.25) is 0 Å². The highest BCUT2D eigenvalue weighted by Crippen LogP contribution is 2.34. The summed E-state index contributed by atoms with van der Waals surface area (Å²) in [7, 11) is 0. The minimum Gasteiger partial charge on any atom is -0.504 e. The monoisotopic (exact) mass is 446 g/mol. The number of phenols is 2. The van der Waals surface area contributed by atoms with E-state index in [1.54, 1.807) is 31.2 Å². The molecule has 1 atom stereocenters. The highest BCUT2D eigenvalue weighted by atomic mass is 32.2. The van der Waals surface area contributed by atoms with Gasteiger partial charge in [-0.15, -0.1) is 0 Å². The third kappa shape index (κ3) is 4.98. The number of phenolic OH excluding ortho intramolecular Hbond substituents is 2. The highest BCUT2D eigenvalue weighted by Gasteiger charge is 2.38. The Kier molecular flexibility index (Phi) is 6.73. The summed E-state index contributed by atoms with van der Waals surface area (Å²) in [4.78, 5) is 26.8. The van der Waals surface area contributed by atoms with Crippen molar-refractivity contribution >= 4 is 46.2 Å². The molecule has 0 spiro atoms. The molecule has 6 nitrogen and oxygen atoms in total. The summed E-state index contributed by atoms with van der Waals surface area (Å²) < 4.78 is 13.6. The van der Waals surface area contributed by atoms with Crippen molar-refractivity contribution in [3.05, 3.63) is 64.3 Å². The molecule has 1 fully saturated rings. The standard InChI is InChI=1S/C21H19FN2O4S2/c1-12(19(27)23-8-7-13-5-6-16(25)17(26)10-13)24-20(28)18(30-21(24)29)11-14-3-2-4-15(22)9-14/h2-6,9-12,25-26H,7-8H2,1H3,(H,23,27)/b18-11-. The smallest absolute Gasteiger partial charge is 0.266 e. The predicted molar refractivity (Wildman–Crippen MR) is 117 cm³/mol. The number of carbonyl (C=O) groups excluding carboxylic acids is 2. The van der Waals surface area contributed by atoms with Crippen LogP contribution in [0.1, 0.15) is 18.1 Å². The van der Waals surface area contributed by atoms with Crippen molar-refractivity contribution in [2.75, 3.05) is 6.54 Å². The van der Waals surface area contributed by atoms with Gasteiger partial charge in [-0.2, -0.15) is 0 Å². The number of hydrogen-bond donors (Lipinski definition) is 3. The lowest BCUT2D eigenvalue weighted by Gasteiger charge is -2.22. The molecule has 0 aromatic heterocycles. The topological polar surface area (TPSA) is 89.9 Å². The van der Waals surface area contributed by atoms with Crippen LogP contribution in [0.5, 0.6) is 11.5 Å². The molecule has 3 rings (SSSR count). The molecule has 30 heavy (non-hydrogen) atoms. The summed E-state index contributed by atoms with van der Waals surface area (Å²) in [6, 6.07) is 9.47. The van der Waals surface area contributed by atoms with E-state index in [-0.39, 0.29) is 28.3 Å². The Hall–Kier alpha value is -2.91. The van der Waals surface area contributed by atoms with Gasteiger partial charge in [-0.1, -0.05) is 42.2 Å². The van der Waals surface area contributed by atoms with Crippen LogP contribution >= 0.6 is 24.0 Å². The van der Waals surface area contributed by atoms with E-state index in [0.717, 1.165) is 17.3 Å². The molecule has 2 amide bonds. The Morgan fingerprint density at radius 2 is 2.03 bits per heavy atom. The molecule has 1 aliphatic rings. The summed E-state index contributed by atoms with van der Waals surface area (Å²) in [6.07, 6.45) is 1.98. The molecule has 1 unspecified atom stereocenters. The molecular weight excluding hydrogens is 427 g/mol. The fourth-order valence-electron chi connectivity index (χ4n) is 2.88. The summed E-state index contributed by atoms with van der Waals surface area (Å²) >= 11 is 6.34. The van der Waals surface area contributed by atoms with E-state index < -0.39 is 17.8 Å². The molecule has 0 bridgehead atoms. The van der Waals surface area contributed by atoms with Gasteiger partial charge in [-0.25, -0.2) is 4.39 Å². The maximum Gasteiger partial charge on any atom is 0.266 e. The van der Waals surface area contributed by atoms with Crippen molar-refractivity contribution < 1.29 is 24.2 Å². The van der Waals surface area contributed by atoms with Crippen molar-refractivity contribution in [2.24, 2.45) is 0 Å². The molecule has 0 radical (unpaired) electrons. The minimum absolute atomic E-state index is 0.211. The van der Waals surface area contributed by atoms with Gasteiger partial charge in [-0.3, -0.25) is 14.5 Å². The number of halogens is 1. The zero-order valence-corrected chi connectivity index (χ0v) is 17.6. The van der Waals surface area contributed by atoms with Crippen LogP contribution in [-0.4, -0.2) is 43.8 Å².